The van der Waals surface area contributed by atoms with Crippen molar-refractivity contribution in [1.29, 1.82) is 0 Å². The summed E-state index contributed by atoms with van der Waals surface area (Å²) >= 11 is 0. The van der Waals surface area contributed by atoms with Crippen molar-refractivity contribution in [2.24, 2.45) is 5.73 Å². The van der Waals surface area contributed by atoms with Crippen molar-refractivity contribution >= 4 is 5.91 Å². The van der Waals surface area contributed by atoms with E-state index in [9.17, 15) is 4.79 Å². The molecule has 0 spiro atoms. The number of hydrogen-bond donors (Lipinski definition) is 1. The van der Waals surface area contributed by atoms with Crippen LogP contribution in [-0.4, -0.2) is 55.4 Å². The van der Waals surface area contributed by atoms with Crippen LogP contribution in [0.1, 0.15) is 45.4 Å². The molecular formula is C15H28N2O3. The average molecular weight is 284 g/mol. The summed E-state index contributed by atoms with van der Waals surface area (Å²) in [6, 6.07) is 0. The van der Waals surface area contributed by atoms with E-state index in [1.165, 1.54) is 0 Å². The normalized spacial score (nSPS) is 31.3. The lowest BCUT2D eigenvalue weighted by Crippen LogP contribution is -2.40. The van der Waals surface area contributed by atoms with Crippen LogP contribution in [0.3, 0.4) is 0 Å². The molecule has 0 aliphatic carbocycles. The van der Waals surface area contributed by atoms with Gasteiger partial charge in [-0.3, -0.25) is 4.79 Å². The number of likely N-dealkylation sites (tertiary alicyclic amines) is 1. The highest BCUT2D eigenvalue weighted by molar-refractivity contribution is 5.81. The molecule has 0 radical (unpaired) electrons. The van der Waals surface area contributed by atoms with Crippen LogP contribution < -0.4 is 5.73 Å². The molecule has 0 aromatic carbocycles. The lowest BCUT2D eigenvalue weighted by atomic mass is 10.1. The Balaban J connectivity index is 1.79. The monoisotopic (exact) mass is 284 g/mol. The zero-order chi connectivity index (χ0) is 14.4. The van der Waals surface area contributed by atoms with Crippen LogP contribution in [0.15, 0.2) is 0 Å². The van der Waals surface area contributed by atoms with Crippen LogP contribution in [0, 0.1) is 0 Å². The summed E-state index contributed by atoms with van der Waals surface area (Å²) in [5.41, 5.74) is 5.60. The number of nitrogens with zero attached hydrogens (tertiary/aromatic N) is 1. The topological polar surface area (TPSA) is 64.8 Å². The third kappa shape index (κ3) is 4.17. The highest BCUT2D eigenvalue weighted by Crippen LogP contribution is 2.22. The Morgan fingerprint density at radius 3 is 2.85 bits per heavy atom. The fourth-order valence-corrected chi connectivity index (χ4v) is 3.00. The maximum absolute atomic E-state index is 12.5. The first-order chi connectivity index (χ1) is 9.74. The predicted octanol–water partition coefficient (Wildman–Crippen LogP) is 1.30. The van der Waals surface area contributed by atoms with Crippen molar-refractivity contribution in [1.82, 2.24) is 4.90 Å². The number of ether oxygens (including phenoxy) is 2. The molecule has 5 nitrogen and oxygen atoms in total. The Labute approximate surface area is 121 Å². The van der Waals surface area contributed by atoms with Gasteiger partial charge in [-0.15, -0.1) is 0 Å². The van der Waals surface area contributed by atoms with Gasteiger partial charge in [0.15, 0.2) is 0 Å². The lowest BCUT2D eigenvalue weighted by molar-refractivity contribution is -0.142. The molecule has 5 heteroatoms. The minimum Gasteiger partial charge on any atom is -0.378 e. The summed E-state index contributed by atoms with van der Waals surface area (Å²) in [5.74, 6) is 0.150. The Morgan fingerprint density at radius 2 is 2.15 bits per heavy atom. The molecule has 20 heavy (non-hydrogen) atoms. The van der Waals surface area contributed by atoms with Gasteiger partial charge in [-0.1, -0.05) is 6.92 Å². The minimum absolute atomic E-state index is 0.0663. The molecule has 2 aliphatic rings. The van der Waals surface area contributed by atoms with E-state index in [-0.39, 0.29) is 18.1 Å². The van der Waals surface area contributed by atoms with Crippen molar-refractivity contribution in [3.63, 3.8) is 0 Å². The third-order valence-corrected chi connectivity index (χ3v) is 4.19. The van der Waals surface area contributed by atoms with Crippen molar-refractivity contribution in [2.45, 2.75) is 63.8 Å². The Kier molecular flexibility index (Phi) is 6.26. The first-order valence-corrected chi connectivity index (χ1v) is 8.00. The van der Waals surface area contributed by atoms with E-state index >= 15 is 0 Å². The second-order valence-electron chi connectivity index (χ2n) is 5.81. The van der Waals surface area contributed by atoms with Gasteiger partial charge in [0.1, 0.15) is 6.10 Å². The van der Waals surface area contributed by atoms with Crippen LogP contribution in [0.5, 0.6) is 0 Å². The molecule has 3 atom stereocenters. The lowest BCUT2D eigenvalue weighted by Gasteiger charge is -2.24. The predicted molar refractivity (Wildman–Crippen MR) is 77.4 cm³/mol. The standard InChI is InChI=1S/C15H28N2O3/c1-2-10-19-12-4-3-8-17(9-7-12)15(18)14-6-5-13(11-16)20-14/h12-14H,2-11,16H2,1H3/t12-,13-,14+/m1/s1. The van der Waals surface area contributed by atoms with Crippen LogP contribution >= 0.6 is 0 Å². The van der Waals surface area contributed by atoms with Crippen molar-refractivity contribution in [2.75, 3.05) is 26.2 Å². The first-order valence-electron chi connectivity index (χ1n) is 8.00. The molecule has 2 rings (SSSR count). The Hall–Kier alpha value is -0.650. The fraction of sp³-hybridized carbons (Fsp3) is 0.933. The Morgan fingerprint density at radius 1 is 1.30 bits per heavy atom. The number of rotatable bonds is 5. The molecule has 2 fully saturated rings. The van der Waals surface area contributed by atoms with Gasteiger partial charge in [0.2, 0.25) is 0 Å². The second kappa shape index (κ2) is 7.96. The summed E-state index contributed by atoms with van der Waals surface area (Å²) in [5, 5.41) is 0. The molecule has 116 valence electrons. The van der Waals surface area contributed by atoms with Crippen molar-refractivity contribution in [3.8, 4) is 0 Å². The summed E-state index contributed by atoms with van der Waals surface area (Å²) in [4.78, 5) is 14.4. The number of nitrogens with two attached hydrogens (primary N) is 1. The molecule has 2 N–H and O–H groups in total. The number of carbonyl (C=O) groups excluding carboxylic acids is 1. The summed E-state index contributed by atoms with van der Waals surface area (Å²) < 4.78 is 11.5. The van der Waals surface area contributed by atoms with E-state index in [2.05, 4.69) is 6.92 Å². The molecule has 0 saturated carbocycles. The maximum Gasteiger partial charge on any atom is 0.251 e. The third-order valence-electron chi connectivity index (χ3n) is 4.19. The van der Waals surface area contributed by atoms with Gasteiger partial charge in [0.05, 0.1) is 12.2 Å². The van der Waals surface area contributed by atoms with E-state index < -0.39 is 0 Å². The van der Waals surface area contributed by atoms with Gasteiger partial charge in [-0.2, -0.15) is 0 Å². The zero-order valence-electron chi connectivity index (χ0n) is 12.6. The molecule has 0 aromatic rings. The molecule has 0 aromatic heterocycles. The molecular weight excluding hydrogens is 256 g/mol. The molecule has 1 amide bonds. The first kappa shape index (κ1) is 15.7. The van der Waals surface area contributed by atoms with Gasteiger partial charge in [0.25, 0.3) is 5.91 Å². The van der Waals surface area contributed by atoms with Crippen LogP contribution in [-0.2, 0) is 14.3 Å². The highest BCUT2D eigenvalue weighted by atomic mass is 16.5. The summed E-state index contributed by atoms with van der Waals surface area (Å²) in [7, 11) is 0. The minimum atomic E-state index is -0.267. The van der Waals surface area contributed by atoms with E-state index in [4.69, 9.17) is 15.2 Å². The zero-order valence-corrected chi connectivity index (χ0v) is 12.6. The van der Waals surface area contributed by atoms with Gasteiger partial charge in [-0.05, 0) is 38.5 Å². The van der Waals surface area contributed by atoms with Crippen LogP contribution in [0.25, 0.3) is 0 Å². The average Bonchev–Trinajstić information content (AvgIpc) is 2.83. The number of carbonyl (C=O) groups is 1. The van der Waals surface area contributed by atoms with E-state index in [1.807, 2.05) is 4.90 Å². The number of hydrogen-bond acceptors (Lipinski definition) is 4. The van der Waals surface area contributed by atoms with E-state index in [1.54, 1.807) is 0 Å². The molecule has 2 heterocycles. The Bertz CT molecular complexity index is 311. The fourth-order valence-electron chi connectivity index (χ4n) is 3.00. The summed E-state index contributed by atoms with van der Waals surface area (Å²) in [6.45, 7) is 5.08. The van der Waals surface area contributed by atoms with Crippen LogP contribution in [0.2, 0.25) is 0 Å². The van der Waals surface area contributed by atoms with E-state index in [0.717, 1.165) is 58.2 Å². The van der Waals surface area contributed by atoms with Gasteiger partial charge in [0, 0.05) is 26.2 Å². The molecule has 0 unspecified atom stereocenters. The number of amides is 1. The molecule has 2 saturated heterocycles. The van der Waals surface area contributed by atoms with E-state index in [0.29, 0.717) is 12.6 Å². The largest absolute Gasteiger partial charge is 0.378 e. The smallest absolute Gasteiger partial charge is 0.251 e. The SMILES string of the molecule is CCCO[C@@H]1CCCN(C(=O)[C@@H]2CC[C@H](CN)O2)CC1. The molecule has 2 aliphatic heterocycles. The van der Waals surface area contributed by atoms with Crippen molar-refractivity contribution < 1.29 is 14.3 Å². The van der Waals surface area contributed by atoms with Crippen LogP contribution in [0.4, 0.5) is 0 Å². The van der Waals surface area contributed by atoms with Crippen molar-refractivity contribution in [3.05, 3.63) is 0 Å². The van der Waals surface area contributed by atoms with Gasteiger partial charge >= 0.3 is 0 Å². The van der Waals surface area contributed by atoms with Gasteiger partial charge < -0.3 is 20.1 Å². The second-order valence-corrected chi connectivity index (χ2v) is 5.81. The summed E-state index contributed by atoms with van der Waals surface area (Å²) in [6.07, 6.45) is 5.90. The van der Waals surface area contributed by atoms with Gasteiger partial charge in [-0.25, -0.2) is 0 Å². The quantitative estimate of drug-likeness (QED) is 0.826. The maximum atomic E-state index is 12.5. The molecule has 0 bridgehead atoms. The highest BCUT2D eigenvalue weighted by Gasteiger charge is 2.33.